The zero-order chi connectivity index (χ0) is 15.9. The van der Waals surface area contributed by atoms with Gasteiger partial charge in [-0.1, -0.05) is 17.7 Å². The minimum absolute atomic E-state index is 0.0144. The van der Waals surface area contributed by atoms with Gasteiger partial charge in [-0.2, -0.15) is 0 Å². The number of benzene rings is 1. The zero-order valence-corrected chi connectivity index (χ0v) is 13.7. The number of thiophene rings is 1. The molecule has 1 aromatic carbocycles. The summed E-state index contributed by atoms with van der Waals surface area (Å²) in [7, 11) is 0. The van der Waals surface area contributed by atoms with E-state index < -0.39 is 0 Å². The van der Waals surface area contributed by atoms with Crippen molar-refractivity contribution in [2.75, 3.05) is 6.54 Å². The Morgan fingerprint density at radius 3 is 2.59 bits per heavy atom. The lowest BCUT2D eigenvalue weighted by Gasteiger charge is -2.12. The van der Waals surface area contributed by atoms with Crippen molar-refractivity contribution in [2.24, 2.45) is 0 Å². The largest absolute Gasteiger partial charge is 0.352 e. The van der Waals surface area contributed by atoms with E-state index in [1.807, 2.05) is 24.4 Å². The lowest BCUT2D eigenvalue weighted by atomic mass is 10.2. The Hall–Kier alpha value is -1.85. The third-order valence-electron chi connectivity index (χ3n) is 3.09. The van der Waals surface area contributed by atoms with Gasteiger partial charge in [-0.3, -0.25) is 9.59 Å². The van der Waals surface area contributed by atoms with E-state index >= 15 is 0 Å². The highest BCUT2D eigenvalue weighted by Gasteiger charge is 2.11. The van der Waals surface area contributed by atoms with E-state index in [9.17, 15) is 9.59 Å². The summed E-state index contributed by atoms with van der Waals surface area (Å²) in [6.45, 7) is 2.24. The van der Waals surface area contributed by atoms with Crippen LogP contribution in [-0.4, -0.2) is 18.4 Å². The van der Waals surface area contributed by atoms with Gasteiger partial charge in [0.2, 0.25) is 5.91 Å². The summed E-state index contributed by atoms with van der Waals surface area (Å²) < 4.78 is 0. The van der Waals surface area contributed by atoms with Gasteiger partial charge in [0, 0.05) is 28.4 Å². The number of hydrogen-bond acceptors (Lipinski definition) is 3. The average Bonchev–Trinajstić information content (AvgIpc) is 3.02. The molecule has 0 spiro atoms. The van der Waals surface area contributed by atoms with Gasteiger partial charge >= 0.3 is 0 Å². The Kier molecular flexibility index (Phi) is 5.98. The summed E-state index contributed by atoms with van der Waals surface area (Å²) in [5, 5.41) is 8.18. The van der Waals surface area contributed by atoms with Crippen LogP contribution in [0.2, 0.25) is 5.02 Å². The summed E-state index contributed by atoms with van der Waals surface area (Å²) in [5.74, 6) is -0.298. The van der Waals surface area contributed by atoms with E-state index in [1.54, 1.807) is 35.6 Å². The van der Waals surface area contributed by atoms with Crippen molar-refractivity contribution in [3.8, 4) is 0 Å². The third-order valence-corrected chi connectivity index (χ3v) is 4.40. The van der Waals surface area contributed by atoms with Crippen molar-refractivity contribution in [2.45, 2.75) is 19.4 Å². The zero-order valence-electron chi connectivity index (χ0n) is 12.1. The first-order valence-corrected chi connectivity index (χ1v) is 8.18. The van der Waals surface area contributed by atoms with Crippen LogP contribution >= 0.6 is 22.9 Å². The first-order chi connectivity index (χ1) is 10.6. The van der Waals surface area contributed by atoms with Gasteiger partial charge in [-0.25, -0.2) is 0 Å². The highest BCUT2D eigenvalue weighted by atomic mass is 35.5. The van der Waals surface area contributed by atoms with E-state index in [0.29, 0.717) is 17.1 Å². The Labute approximate surface area is 138 Å². The molecule has 0 radical (unpaired) electrons. The van der Waals surface area contributed by atoms with E-state index in [1.165, 1.54) is 0 Å². The lowest BCUT2D eigenvalue weighted by Crippen LogP contribution is -2.31. The van der Waals surface area contributed by atoms with Crippen LogP contribution in [-0.2, 0) is 4.79 Å². The predicted octanol–water partition coefficient (Wildman–Crippen LogP) is 3.40. The molecule has 0 fully saturated rings. The van der Waals surface area contributed by atoms with Crippen molar-refractivity contribution < 1.29 is 9.59 Å². The summed E-state index contributed by atoms with van der Waals surface area (Å²) >= 11 is 7.37. The summed E-state index contributed by atoms with van der Waals surface area (Å²) in [6, 6.07) is 10.5. The molecule has 1 heterocycles. The van der Waals surface area contributed by atoms with E-state index in [2.05, 4.69) is 10.6 Å². The highest BCUT2D eigenvalue weighted by Crippen LogP contribution is 2.17. The number of hydrogen-bond donors (Lipinski definition) is 2. The third kappa shape index (κ3) is 4.86. The second-order valence-corrected chi connectivity index (χ2v) is 6.23. The molecule has 0 saturated carbocycles. The minimum atomic E-state index is -0.212. The van der Waals surface area contributed by atoms with Gasteiger partial charge in [0.15, 0.2) is 0 Å². The molecule has 4 nitrogen and oxygen atoms in total. The first-order valence-electron chi connectivity index (χ1n) is 6.93. The maximum Gasteiger partial charge on any atom is 0.251 e. The first kappa shape index (κ1) is 16.5. The van der Waals surface area contributed by atoms with E-state index in [-0.39, 0.29) is 24.3 Å². The molecule has 22 heavy (non-hydrogen) atoms. The van der Waals surface area contributed by atoms with Gasteiger partial charge in [0.25, 0.3) is 5.91 Å². The SMILES string of the molecule is CC(NC(=O)CCNC(=O)c1ccc(Cl)cc1)c1cccs1. The van der Waals surface area contributed by atoms with Crippen LogP contribution in [0.15, 0.2) is 41.8 Å². The molecule has 1 unspecified atom stereocenters. The molecular weight excluding hydrogens is 320 g/mol. The maximum absolute atomic E-state index is 11.9. The molecule has 0 saturated heterocycles. The van der Waals surface area contributed by atoms with Crippen LogP contribution in [0.25, 0.3) is 0 Å². The molecule has 2 rings (SSSR count). The smallest absolute Gasteiger partial charge is 0.251 e. The molecule has 0 aliphatic carbocycles. The molecule has 2 N–H and O–H groups in total. The van der Waals surface area contributed by atoms with Crippen molar-refractivity contribution in [1.29, 1.82) is 0 Å². The minimum Gasteiger partial charge on any atom is -0.352 e. The molecule has 2 amide bonds. The monoisotopic (exact) mass is 336 g/mol. The quantitative estimate of drug-likeness (QED) is 0.849. The number of carbonyl (C=O) groups excluding carboxylic acids is 2. The van der Waals surface area contributed by atoms with Crippen LogP contribution in [0.4, 0.5) is 0 Å². The molecule has 0 bridgehead atoms. The van der Waals surface area contributed by atoms with Crippen molar-refractivity contribution in [3.05, 3.63) is 57.2 Å². The van der Waals surface area contributed by atoms with Crippen LogP contribution in [0.3, 0.4) is 0 Å². The molecule has 0 aliphatic heterocycles. The Morgan fingerprint density at radius 2 is 1.95 bits per heavy atom. The molecule has 116 valence electrons. The number of halogens is 1. The predicted molar refractivity (Wildman–Crippen MR) is 89.3 cm³/mol. The Bertz CT molecular complexity index is 626. The van der Waals surface area contributed by atoms with Crippen molar-refractivity contribution in [1.82, 2.24) is 10.6 Å². The second-order valence-electron chi connectivity index (χ2n) is 4.82. The van der Waals surface area contributed by atoms with Gasteiger partial charge in [-0.05, 0) is 42.6 Å². The molecule has 0 aliphatic rings. The fourth-order valence-corrected chi connectivity index (χ4v) is 2.78. The van der Waals surface area contributed by atoms with Crippen LogP contribution in [0, 0.1) is 0 Å². The number of rotatable bonds is 6. The molecular formula is C16H17ClN2O2S. The fourth-order valence-electron chi connectivity index (χ4n) is 1.92. The normalized spacial score (nSPS) is 11.7. The highest BCUT2D eigenvalue weighted by molar-refractivity contribution is 7.10. The van der Waals surface area contributed by atoms with Crippen LogP contribution < -0.4 is 10.6 Å². The fraction of sp³-hybridized carbons (Fsp3) is 0.250. The van der Waals surface area contributed by atoms with Gasteiger partial charge in [0.1, 0.15) is 0 Å². The Balaban J connectivity index is 1.72. The lowest BCUT2D eigenvalue weighted by molar-refractivity contribution is -0.121. The van der Waals surface area contributed by atoms with Crippen molar-refractivity contribution >= 4 is 34.8 Å². The number of carbonyl (C=O) groups is 2. The van der Waals surface area contributed by atoms with Gasteiger partial charge in [-0.15, -0.1) is 11.3 Å². The molecule has 1 aromatic heterocycles. The topological polar surface area (TPSA) is 58.2 Å². The van der Waals surface area contributed by atoms with E-state index in [0.717, 1.165) is 4.88 Å². The van der Waals surface area contributed by atoms with E-state index in [4.69, 9.17) is 11.6 Å². The summed E-state index contributed by atoms with van der Waals surface area (Å²) in [4.78, 5) is 24.8. The van der Waals surface area contributed by atoms with Gasteiger partial charge in [0.05, 0.1) is 6.04 Å². The standard InChI is InChI=1S/C16H17ClN2O2S/c1-11(14-3-2-10-22-14)19-15(20)8-9-18-16(21)12-4-6-13(17)7-5-12/h2-7,10-11H,8-9H2,1H3,(H,18,21)(H,19,20). The number of nitrogens with one attached hydrogen (secondary N) is 2. The van der Waals surface area contributed by atoms with Gasteiger partial charge < -0.3 is 10.6 Å². The molecule has 2 aromatic rings. The number of amides is 2. The van der Waals surface area contributed by atoms with Crippen LogP contribution in [0.5, 0.6) is 0 Å². The summed E-state index contributed by atoms with van der Waals surface area (Å²) in [6.07, 6.45) is 0.245. The second kappa shape index (κ2) is 7.96. The maximum atomic E-state index is 11.9. The Morgan fingerprint density at radius 1 is 1.23 bits per heavy atom. The molecule has 6 heteroatoms. The average molecular weight is 337 g/mol. The van der Waals surface area contributed by atoms with Crippen LogP contribution in [0.1, 0.15) is 34.6 Å². The summed E-state index contributed by atoms with van der Waals surface area (Å²) in [5.41, 5.74) is 0.525. The van der Waals surface area contributed by atoms with Crippen molar-refractivity contribution in [3.63, 3.8) is 0 Å². The molecule has 1 atom stereocenters.